The number of halogens is 2. The first-order valence-electron chi connectivity index (χ1n) is 5.60. The molecule has 0 aliphatic carbocycles. The van der Waals surface area contributed by atoms with Gasteiger partial charge < -0.3 is 20.7 Å². The largest absolute Gasteiger partial charge is 0.396 e. The highest BCUT2D eigenvalue weighted by Crippen LogP contribution is 2.38. The molecule has 0 saturated carbocycles. The van der Waals surface area contributed by atoms with E-state index in [9.17, 15) is 14.6 Å². The highest BCUT2D eigenvalue weighted by atomic mass is 79.9. The average molecular weight is 320 g/mol. The number of benzene rings is 1. The summed E-state index contributed by atoms with van der Waals surface area (Å²) >= 11 is 3.27. The molecule has 6 heteroatoms. The van der Waals surface area contributed by atoms with E-state index in [1.807, 2.05) is 0 Å². The molecule has 18 heavy (non-hydrogen) atoms. The van der Waals surface area contributed by atoms with Gasteiger partial charge in [-0.15, -0.1) is 0 Å². The van der Waals surface area contributed by atoms with Crippen LogP contribution in [0.15, 0.2) is 22.7 Å². The summed E-state index contributed by atoms with van der Waals surface area (Å²) in [7, 11) is 0. The molecule has 1 aromatic rings. The van der Waals surface area contributed by atoms with Crippen LogP contribution in [0.5, 0.6) is 0 Å². The van der Waals surface area contributed by atoms with Crippen molar-refractivity contribution in [3.05, 3.63) is 34.1 Å². The van der Waals surface area contributed by atoms with Crippen molar-refractivity contribution >= 4 is 15.9 Å². The van der Waals surface area contributed by atoms with E-state index in [2.05, 4.69) is 15.9 Å². The van der Waals surface area contributed by atoms with Gasteiger partial charge in [0.15, 0.2) is 0 Å². The molecule has 1 heterocycles. The summed E-state index contributed by atoms with van der Waals surface area (Å²) in [4.78, 5) is 0. The lowest BCUT2D eigenvalue weighted by Gasteiger charge is -2.30. The Bertz CT molecular complexity index is 445. The monoisotopic (exact) mass is 319 g/mol. The van der Waals surface area contributed by atoms with Gasteiger partial charge in [-0.1, -0.05) is 15.9 Å². The molecule has 1 aliphatic heterocycles. The minimum atomic E-state index is -1.13. The third-order valence-electron chi connectivity index (χ3n) is 3.45. The Morgan fingerprint density at radius 3 is 2.78 bits per heavy atom. The topological polar surface area (TPSA) is 75.7 Å². The number of aliphatic hydroxyl groups excluding tert-OH is 2. The molecule has 0 spiro atoms. The summed E-state index contributed by atoms with van der Waals surface area (Å²) < 4.78 is 20.0. The molecule has 100 valence electrons. The van der Waals surface area contributed by atoms with Crippen molar-refractivity contribution in [3.63, 3.8) is 0 Å². The molecule has 1 fully saturated rings. The molecule has 0 aromatic heterocycles. The third kappa shape index (κ3) is 2.19. The molecule has 0 radical (unpaired) electrons. The molecule has 0 amide bonds. The number of hydrogen-bond acceptors (Lipinski definition) is 4. The van der Waals surface area contributed by atoms with Crippen LogP contribution in [0.3, 0.4) is 0 Å². The predicted octanol–water partition coefficient (Wildman–Crippen LogP) is 0.742. The third-order valence-corrected chi connectivity index (χ3v) is 3.95. The van der Waals surface area contributed by atoms with Crippen LogP contribution in [-0.4, -0.2) is 36.1 Å². The SMILES string of the molecule is N[C@@]1(c2cc(Br)ccc2F)CO[C@H](CO)[C@H]1CO. The van der Waals surface area contributed by atoms with Crippen molar-refractivity contribution in [2.75, 3.05) is 19.8 Å². The fraction of sp³-hybridized carbons (Fsp3) is 0.500. The quantitative estimate of drug-likeness (QED) is 0.768. The van der Waals surface area contributed by atoms with Crippen molar-refractivity contribution in [2.24, 2.45) is 11.7 Å². The zero-order chi connectivity index (χ0) is 13.3. The van der Waals surface area contributed by atoms with Gasteiger partial charge in [0, 0.05) is 16.0 Å². The van der Waals surface area contributed by atoms with Crippen LogP contribution >= 0.6 is 15.9 Å². The van der Waals surface area contributed by atoms with Crippen molar-refractivity contribution < 1.29 is 19.3 Å². The van der Waals surface area contributed by atoms with Crippen LogP contribution in [0.1, 0.15) is 5.56 Å². The number of aliphatic hydroxyl groups is 2. The summed E-state index contributed by atoms with van der Waals surface area (Å²) in [6, 6.07) is 4.48. The maximum Gasteiger partial charge on any atom is 0.128 e. The Hall–Kier alpha value is -0.530. The maximum absolute atomic E-state index is 13.9. The molecule has 1 saturated heterocycles. The van der Waals surface area contributed by atoms with Gasteiger partial charge in [0.2, 0.25) is 0 Å². The summed E-state index contributed by atoms with van der Waals surface area (Å²) in [6.45, 7) is -0.454. The Kier molecular flexibility index (Phi) is 4.03. The summed E-state index contributed by atoms with van der Waals surface area (Å²) in [5.74, 6) is -0.979. The highest BCUT2D eigenvalue weighted by molar-refractivity contribution is 9.10. The smallest absolute Gasteiger partial charge is 0.128 e. The number of ether oxygens (including phenoxy) is 1. The lowest BCUT2D eigenvalue weighted by molar-refractivity contribution is 0.0266. The van der Waals surface area contributed by atoms with E-state index >= 15 is 0 Å². The van der Waals surface area contributed by atoms with Crippen molar-refractivity contribution in [2.45, 2.75) is 11.6 Å². The van der Waals surface area contributed by atoms with Gasteiger partial charge >= 0.3 is 0 Å². The van der Waals surface area contributed by atoms with E-state index in [1.165, 1.54) is 6.07 Å². The lowest BCUT2D eigenvalue weighted by atomic mass is 9.79. The van der Waals surface area contributed by atoms with E-state index in [4.69, 9.17) is 10.5 Å². The van der Waals surface area contributed by atoms with Gasteiger partial charge in [-0.2, -0.15) is 0 Å². The van der Waals surface area contributed by atoms with Crippen molar-refractivity contribution in [1.29, 1.82) is 0 Å². The molecule has 2 rings (SSSR count). The lowest BCUT2D eigenvalue weighted by Crippen LogP contribution is -2.48. The normalized spacial score (nSPS) is 31.8. The molecule has 3 atom stereocenters. The average Bonchev–Trinajstić information content (AvgIpc) is 2.69. The van der Waals surface area contributed by atoms with E-state index in [-0.39, 0.29) is 25.4 Å². The second-order valence-corrected chi connectivity index (χ2v) is 5.40. The second kappa shape index (κ2) is 5.22. The first kappa shape index (κ1) is 13.9. The Balaban J connectivity index is 2.44. The molecular weight excluding hydrogens is 305 g/mol. The number of hydrogen-bond donors (Lipinski definition) is 3. The fourth-order valence-corrected chi connectivity index (χ4v) is 2.75. The molecule has 1 aliphatic rings. The standard InChI is InChI=1S/C12H15BrFNO3/c13-7-1-2-10(14)8(3-7)12(15)6-18-11(5-17)9(12)4-16/h1-3,9,11,16-17H,4-6,15H2/t9-,11-,12-/m1/s1. The van der Waals surface area contributed by atoms with E-state index < -0.39 is 23.4 Å². The number of rotatable bonds is 3. The van der Waals surface area contributed by atoms with Crippen LogP contribution in [-0.2, 0) is 10.3 Å². The second-order valence-electron chi connectivity index (χ2n) is 4.49. The van der Waals surface area contributed by atoms with Crippen molar-refractivity contribution in [3.8, 4) is 0 Å². The van der Waals surface area contributed by atoms with Gasteiger partial charge in [0.1, 0.15) is 5.82 Å². The van der Waals surface area contributed by atoms with Crippen LogP contribution in [0.2, 0.25) is 0 Å². The molecular formula is C12H15BrFNO3. The summed E-state index contributed by atoms with van der Waals surface area (Å²) in [6.07, 6.45) is -0.571. The molecule has 0 unspecified atom stereocenters. The van der Waals surface area contributed by atoms with Gasteiger partial charge in [-0.05, 0) is 18.2 Å². The number of nitrogens with two attached hydrogens (primary N) is 1. The maximum atomic E-state index is 13.9. The van der Waals surface area contributed by atoms with Crippen LogP contribution < -0.4 is 5.73 Å². The molecule has 4 nitrogen and oxygen atoms in total. The Morgan fingerprint density at radius 1 is 1.44 bits per heavy atom. The van der Waals surface area contributed by atoms with Crippen molar-refractivity contribution in [1.82, 2.24) is 0 Å². The Labute approximate surface area is 113 Å². The molecule has 1 aromatic carbocycles. The first-order valence-corrected chi connectivity index (χ1v) is 6.40. The van der Waals surface area contributed by atoms with Crippen LogP contribution in [0.4, 0.5) is 4.39 Å². The Morgan fingerprint density at radius 2 is 2.17 bits per heavy atom. The summed E-state index contributed by atoms with van der Waals surface area (Å²) in [5, 5.41) is 18.6. The van der Waals surface area contributed by atoms with E-state index in [0.29, 0.717) is 4.47 Å². The zero-order valence-electron chi connectivity index (χ0n) is 9.64. The van der Waals surface area contributed by atoms with Crippen LogP contribution in [0.25, 0.3) is 0 Å². The minimum Gasteiger partial charge on any atom is -0.396 e. The van der Waals surface area contributed by atoms with E-state index in [1.54, 1.807) is 12.1 Å². The first-order chi connectivity index (χ1) is 8.52. The molecule has 4 N–H and O–H groups in total. The van der Waals surface area contributed by atoms with Gasteiger partial charge in [-0.25, -0.2) is 4.39 Å². The minimum absolute atomic E-state index is 0.0663. The highest BCUT2D eigenvalue weighted by Gasteiger charge is 2.48. The van der Waals surface area contributed by atoms with Crippen LogP contribution in [0, 0.1) is 11.7 Å². The van der Waals surface area contributed by atoms with Gasteiger partial charge in [0.05, 0.1) is 31.5 Å². The predicted molar refractivity (Wildman–Crippen MR) is 67.4 cm³/mol. The summed E-state index contributed by atoms with van der Waals surface area (Å²) in [5.41, 5.74) is 5.37. The molecule has 0 bridgehead atoms. The zero-order valence-corrected chi connectivity index (χ0v) is 11.2. The fourth-order valence-electron chi connectivity index (χ4n) is 2.39. The van der Waals surface area contributed by atoms with E-state index in [0.717, 1.165) is 0 Å². The van der Waals surface area contributed by atoms with Gasteiger partial charge in [0.25, 0.3) is 0 Å². The van der Waals surface area contributed by atoms with Gasteiger partial charge in [-0.3, -0.25) is 0 Å².